The van der Waals surface area contributed by atoms with E-state index in [0.717, 1.165) is 40.7 Å². The number of hydrogen-bond acceptors (Lipinski definition) is 2. The van der Waals surface area contributed by atoms with Crippen LogP contribution in [-0.4, -0.2) is 10.2 Å². The zero-order valence-electron chi connectivity index (χ0n) is 11.6. The van der Waals surface area contributed by atoms with Crippen molar-refractivity contribution in [3.63, 3.8) is 0 Å². The van der Waals surface area contributed by atoms with Crippen LogP contribution in [-0.2, 0) is 19.4 Å². The topological polar surface area (TPSA) is 40.5 Å². The van der Waals surface area contributed by atoms with Gasteiger partial charge >= 0.3 is 0 Å². The molecule has 20 heavy (non-hydrogen) atoms. The molecule has 0 unspecified atom stereocenters. The number of phenolic OH excluding ortho intramolecular Hbond substituents is 1. The van der Waals surface area contributed by atoms with Crippen LogP contribution in [0.1, 0.15) is 27.8 Å². The molecule has 2 nitrogen and oxygen atoms in total. The molecule has 0 heterocycles. The summed E-state index contributed by atoms with van der Waals surface area (Å²) >= 11 is 0. The predicted octanol–water partition coefficient (Wildman–Crippen LogP) is 3.60. The van der Waals surface area contributed by atoms with Gasteiger partial charge in [0.2, 0.25) is 0 Å². The number of aromatic hydroxyl groups is 1. The van der Waals surface area contributed by atoms with Crippen LogP contribution >= 0.6 is 0 Å². The third-order valence-corrected chi connectivity index (χ3v) is 4.30. The fourth-order valence-corrected chi connectivity index (χ4v) is 3.18. The Morgan fingerprint density at radius 1 is 1.15 bits per heavy atom. The van der Waals surface area contributed by atoms with Gasteiger partial charge in [-0.1, -0.05) is 30.9 Å². The summed E-state index contributed by atoms with van der Waals surface area (Å²) in [6.45, 7) is 5.92. The highest BCUT2D eigenvalue weighted by atomic mass is 16.3. The van der Waals surface area contributed by atoms with Gasteiger partial charge in [0.15, 0.2) is 0 Å². The number of fused-ring (bicyclic) bond motifs is 3. The van der Waals surface area contributed by atoms with Gasteiger partial charge in [0.1, 0.15) is 5.75 Å². The summed E-state index contributed by atoms with van der Waals surface area (Å²) in [5.74, 6) is 0.352. The summed E-state index contributed by atoms with van der Waals surface area (Å²) < 4.78 is 0. The van der Waals surface area contributed by atoms with Crippen molar-refractivity contribution in [3.8, 4) is 16.9 Å². The lowest BCUT2D eigenvalue weighted by atomic mass is 9.79. The summed E-state index contributed by atoms with van der Waals surface area (Å²) in [5, 5.41) is 19.4. The maximum Gasteiger partial charge on any atom is 0.118 e. The quantitative estimate of drug-likeness (QED) is 0.872. The first-order chi connectivity index (χ1) is 9.67. The molecule has 2 aromatic carbocycles. The van der Waals surface area contributed by atoms with Gasteiger partial charge in [-0.2, -0.15) is 0 Å². The summed E-state index contributed by atoms with van der Waals surface area (Å²) in [5.41, 5.74) is 7.77. The van der Waals surface area contributed by atoms with Gasteiger partial charge in [0.25, 0.3) is 0 Å². The fraction of sp³-hybridized carbons (Fsp3) is 0.222. The molecule has 0 bridgehead atoms. The van der Waals surface area contributed by atoms with Gasteiger partial charge in [-0.25, -0.2) is 0 Å². The molecule has 0 spiro atoms. The first-order valence-corrected chi connectivity index (χ1v) is 6.87. The van der Waals surface area contributed by atoms with Crippen LogP contribution in [0.4, 0.5) is 0 Å². The molecule has 1 aliphatic rings. The standard InChI is InChI=1S/C18H18O2/c1-3-12-4-5-13(10-19)15-7-6-14-11(2)17(20)9-8-16(14)18(12)15/h3-5,8-9,19-20H,1,6-7,10H2,2H3. The Bertz CT molecular complexity index is 699. The monoisotopic (exact) mass is 266 g/mol. The number of phenols is 1. The Kier molecular flexibility index (Phi) is 3.11. The van der Waals surface area contributed by atoms with Crippen molar-refractivity contribution in [2.45, 2.75) is 26.4 Å². The summed E-state index contributed by atoms with van der Waals surface area (Å²) in [6.07, 6.45) is 3.65. The molecule has 2 heteroatoms. The van der Waals surface area contributed by atoms with Gasteiger partial charge in [-0.15, -0.1) is 0 Å². The second-order valence-electron chi connectivity index (χ2n) is 5.27. The highest BCUT2D eigenvalue weighted by Gasteiger charge is 2.22. The van der Waals surface area contributed by atoms with Crippen molar-refractivity contribution in [2.75, 3.05) is 0 Å². The number of aliphatic hydroxyl groups is 1. The van der Waals surface area contributed by atoms with Crippen LogP contribution in [0.25, 0.3) is 17.2 Å². The van der Waals surface area contributed by atoms with Crippen molar-refractivity contribution >= 4 is 6.08 Å². The second-order valence-corrected chi connectivity index (χ2v) is 5.27. The van der Waals surface area contributed by atoms with E-state index in [9.17, 15) is 10.2 Å². The lowest BCUT2D eigenvalue weighted by molar-refractivity contribution is 0.280. The van der Waals surface area contributed by atoms with Gasteiger partial charge in [-0.3, -0.25) is 0 Å². The average molecular weight is 266 g/mol. The average Bonchev–Trinajstić information content (AvgIpc) is 2.49. The van der Waals surface area contributed by atoms with Gasteiger partial charge in [0, 0.05) is 0 Å². The predicted molar refractivity (Wildman–Crippen MR) is 81.7 cm³/mol. The number of aliphatic hydroxyl groups excluding tert-OH is 1. The number of benzene rings is 2. The molecule has 0 saturated carbocycles. The molecule has 2 aromatic rings. The molecule has 0 aliphatic heterocycles. The molecule has 2 N–H and O–H groups in total. The molecule has 0 fully saturated rings. The third kappa shape index (κ3) is 1.76. The van der Waals surface area contributed by atoms with Crippen LogP contribution in [0.5, 0.6) is 5.75 Å². The van der Waals surface area contributed by atoms with Crippen LogP contribution in [0.15, 0.2) is 30.8 Å². The normalized spacial score (nSPS) is 12.7. The van der Waals surface area contributed by atoms with Gasteiger partial charge in [0.05, 0.1) is 6.61 Å². The maximum atomic E-state index is 9.89. The molecule has 0 radical (unpaired) electrons. The van der Waals surface area contributed by atoms with E-state index in [2.05, 4.69) is 6.58 Å². The highest BCUT2D eigenvalue weighted by Crippen LogP contribution is 2.41. The van der Waals surface area contributed by atoms with E-state index >= 15 is 0 Å². The van der Waals surface area contributed by atoms with Crippen molar-refractivity contribution in [1.29, 1.82) is 0 Å². The summed E-state index contributed by atoms with van der Waals surface area (Å²) in [7, 11) is 0. The van der Waals surface area contributed by atoms with Gasteiger partial charge < -0.3 is 10.2 Å². The Hall–Kier alpha value is -2.06. The minimum absolute atomic E-state index is 0.0617. The molecule has 0 aromatic heterocycles. The minimum atomic E-state index is 0.0617. The van der Waals surface area contributed by atoms with Crippen LogP contribution in [0.2, 0.25) is 0 Å². The van der Waals surface area contributed by atoms with E-state index in [1.165, 1.54) is 11.1 Å². The maximum absolute atomic E-state index is 9.89. The Balaban J connectivity index is 2.36. The molecule has 102 valence electrons. The fourth-order valence-electron chi connectivity index (χ4n) is 3.18. The van der Waals surface area contributed by atoms with E-state index in [1.807, 2.05) is 31.2 Å². The van der Waals surface area contributed by atoms with E-state index in [0.29, 0.717) is 5.75 Å². The molecule has 0 amide bonds. The lowest BCUT2D eigenvalue weighted by Crippen LogP contribution is -2.10. The number of hydrogen-bond donors (Lipinski definition) is 2. The summed E-state index contributed by atoms with van der Waals surface area (Å²) in [4.78, 5) is 0. The van der Waals surface area contributed by atoms with Crippen LogP contribution < -0.4 is 0 Å². The van der Waals surface area contributed by atoms with E-state index < -0.39 is 0 Å². The van der Waals surface area contributed by atoms with E-state index in [1.54, 1.807) is 6.07 Å². The van der Waals surface area contributed by atoms with Crippen molar-refractivity contribution < 1.29 is 10.2 Å². The molecular formula is C18H18O2. The molecular weight excluding hydrogens is 248 g/mol. The smallest absolute Gasteiger partial charge is 0.118 e. The van der Waals surface area contributed by atoms with Crippen molar-refractivity contribution in [1.82, 2.24) is 0 Å². The molecule has 3 rings (SSSR count). The molecule has 1 aliphatic carbocycles. The second kappa shape index (κ2) is 4.80. The van der Waals surface area contributed by atoms with Crippen molar-refractivity contribution in [3.05, 3.63) is 58.7 Å². The van der Waals surface area contributed by atoms with E-state index in [4.69, 9.17) is 0 Å². The Labute approximate surface area is 119 Å². The largest absolute Gasteiger partial charge is 0.508 e. The first-order valence-electron chi connectivity index (χ1n) is 6.87. The zero-order chi connectivity index (χ0) is 14.3. The Morgan fingerprint density at radius 3 is 2.60 bits per heavy atom. The third-order valence-electron chi connectivity index (χ3n) is 4.30. The number of rotatable bonds is 2. The van der Waals surface area contributed by atoms with Crippen LogP contribution in [0, 0.1) is 6.92 Å². The molecule has 0 atom stereocenters. The Morgan fingerprint density at radius 2 is 1.90 bits per heavy atom. The first kappa shape index (κ1) is 12.9. The highest BCUT2D eigenvalue weighted by molar-refractivity contribution is 5.83. The summed E-state index contributed by atoms with van der Waals surface area (Å²) in [6, 6.07) is 7.72. The van der Waals surface area contributed by atoms with Gasteiger partial charge in [-0.05, 0) is 64.8 Å². The molecule has 0 saturated heterocycles. The SMILES string of the molecule is C=Cc1ccc(CO)c2c1-c1ccc(O)c(C)c1CC2. The van der Waals surface area contributed by atoms with Crippen LogP contribution in [0.3, 0.4) is 0 Å². The lowest BCUT2D eigenvalue weighted by Gasteiger charge is -2.25. The van der Waals surface area contributed by atoms with E-state index in [-0.39, 0.29) is 6.61 Å². The minimum Gasteiger partial charge on any atom is -0.508 e. The van der Waals surface area contributed by atoms with Crippen molar-refractivity contribution in [2.24, 2.45) is 0 Å². The zero-order valence-corrected chi connectivity index (χ0v) is 11.6.